The first-order chi connectivity index (χ1) is 11.6. The molecule has 0 radical (unpaired) electrons. The number of pyridine rings is 1. The van der Waals surface area contributed by atoms with Crippen LogP contribution in [-0.2, 0) is 16.0 Å². The van der Waals surface area contributed by atoms with Gasteiger partial charge in [-0.15, -0.1) is 10.2 Å². The highest BCUT2D eigenvalue weighted by molar-refractivity contribution is 5.75. The summed E-state index contributed by atoms with van der Waals surface area (Å²) in [6.45, 7) is 1.93. The molecular formula is C17H16N4O3. The summed E-state index contributed by atoms with van der Waals surface area (Å²) in [5, 5.41) is 18.5. The number of aromatic hydroxyl groups is 1. The second-order valence-corrected chi connectivity index (χ2v) is 5.21. The minimum atomic E-state index is -0.440. The summed E-state index contributed by atoms with van der Waals surface area (Å²) in [7, 11) is 1.31. The molecule has 0 saturated heterocycles. The molecule has 0 atom stereocenters. The third kappa shape index (κ3) is 2.96. The fourth-order valence-electron chi connectivity index (χ4n) is 2.30. The highest BCUT2D eigenvalue weighted by atomic mass is 16.5. The summed E-state index contributed by atoms with van der Waals surface area (Å²) in [5.41, 5.74) is 2.40. The molecule has 0 aliphatic rings. The number of hydrogen-bond donors (Lipinski definition) is 1. The molecular weight excluding hydrogens is 308 g/mol. The first-order valence-corrected chi connectivity index (χ1v) is 7.33. The van der Waals surface area contributed by atoms with Gasteiger partial charge >= 0.3 is 5.97 Å². The lowest BCUT2D eigenvalue weighted by molar-refractivity contribution is -0.139. The van der Waals surface area contributed by atoms with E-state index in [2.05, 4.69) is 15.2 Å². The van der Waals surface area contributed by atoms with Gasteiger partial charge in [0.25, 0.3) is 0 Å². The van der Waals surface area contributed by atoms with Crippen LogP contribution in [0.3, 0.4) is 0 Å². The number of imidazole rings is 1. The number of benzene rings is 1. The van der Waals surface area contributed by atoms with Gasteiger partial charge in [-0.3, -0.25) is 9.20 Å². The van der Waals surface area contributed by atoms with Crippen LogP contribution >= 0.6 is 0 Å². The average Bonchev–Trinajstić information content (AvgIpc) is 2.93. The molecule has 0 saturated carbocycles. The first kappa shape index (κ1) is 15.7. The highest BCUT2D eigenvalue weighted by Gasteiger charge is 2.17. The number of aromatic nitrogens is 2. The molecule has 0 spiro atoms. The van der Waals surface area contributed by atoms with Gasteiger partial charge in [-0.25, -0.2) is 4.98 Å². The Balaban J connectivity index is 2.10. The predicted octanol–water partition coefficient (Wildman–Crippen LogP) is 3.48. The molecule has 2 aromatic heterocycles. The van der Waals surface area contributed by atoms with Gasteiger partial charge in [-0.05, 0) is 30.7 Å². The lowest BCUT2D eigenvalue weighted by atomic mass is 10.2. The van der Waals surface area contributed by atoms with E-state index in [0.717, 1.165) is 11.3 Å². The van der Waals surface area contributed by atoms with Gasteiger partial charge in [-0.2, -0.15) is 0 Å². The smallest absolute Gasteiger partial charge is 0.311 e. The topological polar surface area (TPSA) is 88.5 Å². The molecule has 0 aliphatic heterocycles. The van der Waals surface area contributed by atoms with Gasteiger partial charge in [0.2, 0.25) is 0 Å². The van der Waals surface area contributed by atoms with E-state index < -0.39 is 5.97 Å². The molecule has 3 rings (SSSR count). The van der Waals surface area contributed by atoms with E-state index in [4.69, 9.17) is 4.74 Å². The number of fused-ring (bicyclic) bond motifs is 1. The van der Waals surface area contributed by atoms with Crippen molar-refractivity contribution in [2.45, 2.75) is 13.3 Å². The monoisotopic (exact) mass is 324 g/mol. The van der Waals surface area contributed by atoms with Crippen LogP contribution < -0.4 is 0 Å². The average molecular weight is 324 g/mol. The maximum Gasteiger partial charge on any atom is 0.311 e. The second-order valence-electron chi connectivity index (χ2n) is 5.21. The molecule has 1 N–H and O–H groups in total. The number of nitrogens with zero attached hydrogens (tertiary/aromatic N) is 4. The van der Waals surface area contributed by atoms with Crippen LogP contribution in [0.25, 0.3) is 5.65 Å². The molecule has 3 aromatic rings. The van der Waals surface area contributed by atoms with Crippen LogP contribution in [0.15, 0.2) is 52.8 Å². The predicted molar refractivity (Wildman–Crippen MR) is 87.9 cm³/mol. The van der Waals surface area contributed by atoms with E-state index in [1.54, 1.807) is 16.7 Å². The van der Waals surface area contributed by atoms with E-state index in [-0.39, 0.29) is 12.2 Å². The number of methoxy groups -OCH3 is 1. The number of hydrogen-bond acceptors (Lipinski definition) is 6. The zero-order chi connectivity index (χ0) is 17.1. The van der Waals surface area contributed by atoms with Gasteiger partial charge < -0.3 is 9.84 Å². The van der Waals surface area contributed by atoms with E-state index in [1.165, 1.54) is 13.2 Å². The van der Waals surface area contributed by atoms with E-state index in [1.807, 2.05) is 31.2 Å². The SMILES string of the molecule is COC(=O)Cc1nc2c(O)cccn2c1N=Nc1ccccc1C. The Morgan fingerprint density at radius 3 is 2.79 bits per heavy atom. The maximum atomic E-state index is 11.6. The van der Waals surface area contributed by atoms with Crippen molar-refractivity contribution in [2.75, 3.05) is 7.11 Å². The van der Waals surface area contributed by atoms with E-state index in [9.17, 15) is 9.90 Å². The van der Waals surface area contributed by atoms with Crippen LogP contribution in [0.2, 0.25) is 0 Å². The van der Waals surface area contributed by atoms with Crippen molar-refractivity contribution >= 4 is 23.1 Å². The Morgan fingerprint density at radius 2 is 2.04 bits per heavy atom. The number of ether oxygens (including phenoxy) is 1. The summed E-state index contributed by atoms with van der Waals surface area (Å²) >= 11 is 0. The quantitative estimate of drug-likeness (QED) is 0.588. The molecule has 0 bridgehead atoms. The molecule has 24 heavy (non-hydrogen) atoms. The Kier molecular flexibility index (Phi) is 4.24. The van der Waals surface area contributed by atoms with Crippen molar-refractivity contribution in [1.82, 2.24) is 9.38 Å². The van der Waals surface area contributed by atoms with Gasteiger partial charge in [0.05, 0.1) is 24.9 Å². The zero-order valence-electron chi connectivity index (χ0n) is 13.3. The minimum absolute atomic E-state index is 0.000887. The third-order valence-corrected chi connectivity index (χ3v) is 3.58. The van der Waals surface area contributed by atoms with Crippen molar-refractivity contribution in [3.05, 3.63) is 53.9 Å². The number of azo groups is 1. The maximum absolute atomic E-state index is 11.6. The number of carbonyl (C=O) groups is 1. The van der Waals surface area contributed by atoms with Crippen molar-refractivity contribution < 1.29 is 14.6 Å². The first-order valence-electron chi connectivity index (χ1n) is 7.33. The zero-order valence-corrected chi connectivity index (χ0v) is 13.3. The fraction of sp³-hybridized carbons (Fsp3) is 0.176. The fourth-order valence-corrected chi connectivity index (χ4v) is 2.30. The largest absolute Gasteiger partial charge is 0.504 e. The van der Waals surface area contributed by atoms with Crippen LogP contribution in [0.1, 0.15) is 11.3 Å². The number of rotatable bonds is 4. The standard InChI is InChI=1S/C17H16N4O3/c1-11-6-3-4-7-12(11)19-20-16-13(10-15(23)24-2)18-17-14(22)8-5-9-21(16)17/h3-9,22H,10H2,1-2H3. The molecule has 0 unspecified atom stereocenters. The van der Waals surface area contributed by atoms with E-state index in [0.29, 0.717) is 17.2 Å². The molecule has 0 amide bonds. The van der Waals surface area contributed by atoms with Crippen molar-refractivity contribution in [2.24, 2.45) is 10.2 Å². The van der Waals surface area contributed by atoms with Gasteiger partial charge in [0.15, 0.2) is 17.2 Å². The second kappa shape index (κ2) is 6.49. The van der Waals surface area contributed by atoms with Gasteiger partial charge in [-0.1, -0.05) is 18.2 Å². The van der Waals surface area contributed by atoms with Gasteiger partial charge in [0.1, 0.15) is 0 Å². The summed E-state index contributed by atoms with van der Waals surface area (Å²) in [5.74, 6) is -0.0549. The highest BCUT2D eigenvalue weighted by Crippen LogP contribution is 2.29. The molecule has 2 heterocycles. The van der Waals surface area contributed by atoms with Crippen LogP contribution in [0, 0.1) is 6.92 Å². The molecule has 0 aliphatic carbocycles. The van der Waals surface area contributed by atoms with E-state index >= 15 is 0 Å². The van der Waals surface area contributed by atoms with Gasteiger partial charge in [0, 0.05) is 6.20 Å². The third-order valence-electron chi connectivity index (χ3n) is 3.58. The Labute approximate surface area is 138 Å². The van der Waals surface area contributed by atoms with Crippen molar-refractivity contribution in [3.63, 3.8) is 0 Å². The minimum Gasteiger partial charge on any atom is -0.504 e. The lowest BCUT2D eigenvalue weighted by Crippen LogP contribution is -2.04. The molecule has 122 valence electrons. The molecule has 7 nitrogen and oxygen atoms in total. The summed E-state index contributed by atoms with van der Waals surface area (Å²) in [4.78, 5) is 15.9. The van der Waals surface area contributed by atoms with Crippen molar-refractivity contribution in [3.8, 4) is 5.75 Å². The number of carbonyl (C=O) groups excluding carboxylic acids is 1. The number of aryl methyl sites for hydroxylation is 1. The summed E-state index contributed by atoms with van der Waals surface area (Å²) in [6.07, 6.45) is 1.65. The summed E-state index contributed by atoms with van der Waals surface area (Å²) in [6, 6.07) is 10.8. The summed E-state index contributed by atoms with van der Waals surface area (Å²) < 4.78 is 6.29. The Morgan fingerprint density at radius 1 is 1.25 bits per heavy atom. The molecule has 7 heteroatoms. The Hall–Kier alpha value is -3.22. The number of esters is 1. The van der Waals surface area contributed by atoms with Crippen LogP contribution in [-0.4, -0.2) is 27.6 Å². The lowest BCUT2D eigenvalue weighted by Gasteiger charge is -2.00. The van der Waals surface area contributed by atoms with Crippen molar-refractivity contribution in [1.29, 1.82) is 0 Å². The van der Waals surface area contributed by atoms with Crippen LogP contribution in [0.5, 0.6) is 5.75 Å². The Bertz CT molecular complexity index is 931. The normalized spacial score (nSPS) is 11.2. The molecule has 1 aromatic carbocycles. The van der Waals surface area contributed by atoms with Crippen LogP contribution in [0.4, 0.5) is 11.5 Å². The molecule has 0 fully saturated rings.